The number of hydrogen-bond donors (Lipinski definition) is 3. The number of ether oxygens (including phenoxy) is 1. The van der Waals surface area contributed by atoms with Gasteiger partial charge in [-0.25, -0.2) is 19.2 Å². The van der Waals surface area contributed by atoms with Gasteiger partial charge in [-0.15, -0.1) is 0 Å². The number of fused-ring (bicyclic) bond motifs is 3. The maximum Gasteiger partial charge on any atom is 0.339 e. The van der Waals surface area contributed by atoms with Crippen molar-refractivity contribution in [3.63, 3.8) is 0 Å². The minimum atomic E-state index is -1.33. The fourth-order valence-corrected chi connectivity index (χ4v) is 3.44. The Morgan fingerprint density at radius 3 is 2.00 bits per heavy atom. The fourth-order valence-electron chi connectivity index (χ4n) is 3.44. The van der Waals surface area contributed by atoms with Gasteiger partial charge in [-0.3, -0.25) is 0 Å². The molecule has 8 nitrogen and oxygen atoms in total. The van der Waals surface area contributed by atoms with Gasteiger partial charge in [0.25, 0.3) is 0 Å². The van der Waals surface area contributed by atoms with Crippen LogP contribution in [0, 0.1) is 0 Å². The number of benzene rings is 2. The van der Waals surface area contributed by atoms with Crippen LogP contribution in [-0.2, 0) is 11.2 Å². The van der Waals surface area contributed by atoms with E-state index in [0.717, 1.165) is 0 Å². The molecule has 2 aromatic rings. The van der Waals surface area contributed by atoms with Crippen molar-refractivity contribution in [1.29, 1.82) is 0 Å². The summed E-state index contributed by atoms with van der Waals surface area (Å²) in [5.41, 5.74) is 0.328. The Kier molecular flexibility index (Phi) is 4.87. The Morgan fingerprint density at radius 2 is 1.43 bits per heavy atom. The number of aromatic carboxylic acids is 3. The summed E-state index contributed by atoms with van der Waals surface area (Å²) in [6, 6.07) is 5.00. The summed E-state index contributed by atoms with van der Waals surface area (Å²) < 4.78 is 5.11. The molecule has 2 aromatic carbocycles. The van der Waals surface area contributed by atoms with Gasteiger partial charge >= 0.3 is 23.9 Å². The van der Waals surface area contributed by atoms with E-state index < -0.39 is 23.9 Å². The van der Waals surface area contributed by atoms with Gasteiger partial charge in [0.05, 0.1) is 28.9 Å². The Bertz CT molecular complexity index is 1030. The summed E-state index contributed by atoms with van der Waals surface area (Å²) in [5, 5.41) is 28.4. The van der Waals surface area contributed by atoms with Crippen LogP contribution in [-0.4, -0.2) is 45.8 Å². The number of carbonyl (C=O) groups excluding carboxylic acids is 1. The number of esters is 1. The zero-order valence-corrected chi connectivity index (χ0v) is 14.8. The van der Waals surface area contributed by atoms with E-state index in [9.17, 15) is 34.5 Å². The number of carboxylic acid groups (broad SMARTS) is 3. The Balaban J connectivity index is 2.31. The first kappa shape index (κ1) is 19.1. The van der Waals surface area contributed by atoms with Gasteiger partial charge in [-0.2, -0.15) is 0 Å². The summed E-state index contributed by atoms with van der Waals surface area (Å²) >= 11 is 0. The lowest BCUT2D eigenvalue weighted by atomic mass is 9.94. The molecule has 0 saturated carbocycles. The average Bonchev–Trinajstić information content (AvgIpc) is 3.03. The highest BCUT2D eigenvalue weighted by Gasteiger charge is 2.34. The zero-order valence-electron chi connectivity index (χ0n) is 14.8. The van der Waals surface area contributed by atoms with Gasteiger partial charge in [-0.1, -0.05) is 13.0 Å². The van der Waals surface area contributed by atoms with Crippen LogP contribution < -0.4 is 0 Å². The molecule has 0 amide bonds. The summed E-state index contributed by atoms with van der Waals surface area (Å²) in [6.45, 7) is 1.88. The largest absolute Gasteiger partial charge is 0.478 e. The Morgan fingerprint density at radius 1 is 0.857 bits per heavy atom. The summed E-state index contributed by atoms with van der Waals surface area (Å²) in [4.78, 5) is 47.4. The molecule has 28 heavy (non-hydrogen) atoms. The maximum absolute atomic E-state index is 12.6. The fraction of sp³-hybridized carbons (Fsp3) is 0.200. The monoisotopic (exact) mass is 384 g/mol. The Hall–Kier alpha value is -3.68. The van der Waals surface area contributed by atoms with E-state index in [1.165, 1.54) is 24.3 Å². The van der Waals surface area contributed by atoms with Crippen molar-refractivity contribution < 1.29 is 39.2 Å². The predicted molar refractivity (Wildman–Crippen MR) is 96.1 cm³/mol. The summed E-state index contributed by atoms with van der Waals surface area (Å²) in [7, 11) is 0. The first-order valence-corrected chi connectivity index (χ1v) is 8.47. The van der Waals surface area contributed by atoms with Crippen molar-refractivity contribution in [1.82, 2.24) is 0 Å². The van der Waals surface area contributed by atoms with Crippen molar-refractivity contribution in [2.24, 2.45) is 0 Å². The molecule has 0 bridgehead atoms. The molecular formula is C20H16O8. The van der Waals surface area contributed by atoms with Gasteiger partial charge in [-0.05, 0) is 41.3 Å². The van der Waals surface area contributed by atoms with Gasteiger partial charge < -0.3 is 20.1 Å². The van der Waals surface area contributed by atoms with Crippen molar-refractivity contribution in [2.75, 3.05) is 6.61 Å². The van der Waals surface area contributed by atoms with Gasteiger partial charge in [0.2, 0.25) is 0 Å². The van der Waals surface area contributed by atoms with Crippen LogP contribution in [0.3, 0.4) is 0 Å². The molecule has 144 valence electrons. The molecule has 8 heteroatoms. The van der Waals surface area contributed by atoms with Crippen LogP contribution in [0.2, 0.25) is 0 Å². The lowest BCUT2D eigenvalue weighted by molar-refractivity contribution is 0.0493. The molecule has 0 atom stereocenters. The topological polar surface area (TPSA) is 138 Å². The quantitative estimate of drug-likeness (QED) is 0.552. The molecule has 0 spiro atoms. The third-order valence-electron chi connectivity index (χ3n) is 4.58. The molecule has 3 rings (SSSR count). The van der Waals surface area contributed by atoms with Crippen molar-refractivity contribution >= 4 is 23.9 Å². The molecule has 0 aromatic heterocycles. The molecular weight excluding hydrogens is 368 g/mol. The molecule has 1 aliphatic rings. The highest BCUT2D eigenvalue weighted by molar-refractivity contribution is 6.09. The predicted octanol–water partition coefficient (Wildman–Crippen LogP) is 2.92. The molecule has 3 N–H and O–H groups in total. The van der Waals surface area contributed by atoms with Crippen molar-refractivity contribution in [3.05, 3.63) is 57.6 Å². The normalized spacial score (nSPS) is 11.5. The van der Waals surface area contributed by atoms with E-state index in [1.807, 2.05) is 0 Å². The lowest BCUT2D eigenvalue weighted by Crippen LogP contribution is -2.15. The number of carboxylic acids is 3. The van der Waals surface area contributed by atoms with E-state index in [1.54, 1.807) is 6.92 Å². The van der Waals surface area contributed by atoms with Crippen LogP contribution in [0.25, 0.3) is 11.1 Å². The third kappa shape index (κ3) is 2.98. The maximum atomic E-state index is 12.6. The first-order valence-electron chi connectivity index (χ1n) is 8.47. The van der Waals surface area contributed by atoms with E-state index in [0.29, 0.717) is 12.0 Å². The molecule has 0 unspecified atom stereocenters. The minimum absolute atomic E-state index is 0.0783. The van der Waals surface area contributed by atoms with Crippen LogP contribution in [0.15, 0.2) is 24.3 Å². The second-order valence-corrected chi connectivity index (χ2v) is 6.26. The van der Waals surface area contributed by atoms with Gasteiger partial charge in [0, 0.05) is 12.0 Å². The molecule has 0 radical (unpaired) electrons. The summed E-state index contributed by atoms with van der Waals surface area (Å²) in [6.07, 6.45) is 0.459. The van der Waals surface area contributed by atoms with E-state index >= 15 is 0 Å². The second kappa shape index (κ2) is 7.15. The molecule has 0 aliphatic heterocycles. The van der Waals surface area contributed by atoms with E-state index in [2.05, 4.69) is 0 Å². The van der Waals surface area contributed by atoms with Crippen LogP contribution in [0.1, 0.15) is 65.9 Å². The van der Waals surface area contributed by atoms with Crippen LogP contribution >= 0.6 is 0 Å². The van der Waals surface area contributed by atoms with Gasteiger partial charge in [0.1, 0.15) is 0 Å². The van der Waals surface area contributed by atoms with Crippen LogP contribution in [0.5, 0.6) is 0 Å². The molecule has 0 fully saturated rings. The van der Waals surface area contributed by atoms with Crippen molar-refractivity contribution in [2.45, 2.75) is 19.8 Å². The first-order chi connectivity index (χ1) is 13.3. The standard InChI is InChI=1S/C20H16O8/c1-2-7-28-20(27)16-12(19(25)26)5-3-9-13(16)8-14-10(17(21)22)4-6-11(15(9)14)18(23)24/h3-6H,2,7-8H2,1H3,(H,21,22)(H,23,24)(H,25,26). The lowest BCUT2D eigenvalue weighted by Gasteiger charge is -2.12. The minimum Gasteiger partial charge on any atom is -0.478 e. The average molecular weight is 384 g/mol. The number of hydrogen-bond acceptors (Lipinski definition) is 5. The summed E-state index contributed by atoms with van der Waals surface area (Å²) in [5.74, 6) is -4.66. The highest BCUT2D eigenvalue weighted by atomic mass is 16.5. The second-order valence-electron chi connectivity index (χ2n) is 6.26. The van der Waals surface area contributed by atoms with E-state index in [-0.39, 0.29) is 52.0 Å². The van der Waals surface area contributed by atoms with Crippen LogP contribution in [0.4, 0.5) is 0 Å². The van der Waals surface area contributed by atoms with Crippen molar-refractivity contribution in [3.8, 4) is 11.1 Å². The molecule has 0 heterocycles. The highest BCUT2D eigenvalue weighted by Crippen LogP contribution is 2.43. The molecule has 0 saturated heterocycles. The SMILES string of the molecule is CCCOC(=O)c1c(C(=O)O)ccc2c1Cc1c(C(=O)O)ccc(C(=O)O)c1-2. The molecule has 1 aliphatic carbocycles. The van der Waals surface area contributed by atoms with E-state index in [4.69, 9.17) is 4.74 Å². The smallest absolute Gasteiger partial charge is 0.339 e. The van der Waals surface area contributed by atoms with Gasteiger partial charge in [0.15, 0.2) is 0 Å². The number of rotatable bonds is 6. The Labute approximate surface area is 159 Å². The number of carbonyl (C=O) groups is 4. The zero-order chi connectivity index (χ0) is 20.6. The third-order valence-corrected chi connectivity index (χ3v) is 4.58.